The lowest BCUT2D eigenvalue weighted by Gasteiger charge is -2.15. The largest absolute Gasteiger partial charge is 0.462 e. The van der Waals surface area contributed by atoms with E-state index in [9.17, 15) is 22.4 Å². The number of hydrazine groups is 1. The van der Waals surface area contributed by atoms with E-state index in [-0.39, 0.29) is 24.3 Å². The second-order valence-corrected chi connectivity index (χ2v) is 9.48. The second-order valence-electron chi connectivity index (χ2n) is 9.48. The molecule has 1 amide bonds. The molecule has 0 saturated carbocycles. The SMILES string of the molecule is Cc1oc2ccc(-c3cc(F)cc(F)c3)nc2c1COC(=O)N(N)Cc1coc2ccc(-c3cc(F)cc(F)c3)nc12. The maximum atomic E-state index is 13.7. The molecule has 0 saturated heterocycles. The van der Waals surface area contributed by atoms with Gasteiger partial charge in [-0.15, -0.1) is 0 Å². The number of hydrogen-bond donors (Lipinski definition) is 1. The second kappa shape index (κ2) is 10.6. The van der Waals surface area contributed by atoms with Crippen LogP contribution in [0.3, 0.4) is 0 Å². The molecule has 8 nitrogen and oxygen atoms in total. The molecule has 12 heteroatoms. The maximum absolute atomic E-state index is 13.7. The Bertz CT molecular complexity index is 1950. The summed E-state index contributed by atoms with van der Waals surface area (Å²) in [5, 5.41) is 0.812. The van der Waals surface area contributed by atoms with Gasteiger partial charge in [0.15, 0.2) is 11.2 Å². The Labute approximate surface area is 234 Å². The van der Waals surface area contributed by atoms with E-state index in [0.29, 0.717) is 50.5 Å². The average Bonchev–Trinajstić information content (AvgIpc) is 3.49. The van der Waals surface area contributed by atoms with Crippen molar-refractivity contribution in [2.75, 3.05) is 0 Å². The molecule has 212 valence electrons. The summed E-state index contributed by atoms with van der Waals surface area (Å²) >= 11 is 0. The fourth-order valence-electron chi connectivity index (χ4n) is 4.57. The fraction of sp³-hybridized carbons (Fsp3) is 0.100. The molecule has 6 rings (SSSR count). The number of nitrogens with zero attached hydrogens (tertiary/aromatic N) is 3. The smallest absolute Gasteiger partial charge is 0.424 e. The third-order valence-corrected chi connectivity index (χ3v) is 6.55. The maximum Gasteiger partial charge on any atom is 0.424 e. The Balaban J connectivity index is 1.19. The van der Waals surface area contributed by atoms with Crippen LogP contribution < -0.4 is 5.84 Å². The number of furan rings is 2. The number of halogens is 4. The van der Waals surface area contributed by atoms with Gasteiger partial charge in [0.05, 0.1) is 29.8 Å². The topological polar surface area (TPSA) is 108 Å². The van der Waals surface area contributed by atoms with Crippen LogP contribution in [0.15, 0.2) is 75.8 Å². The molecule has 0 radical (unpaired) electrons. The summed E-state index contributed by atoms with van der Waals surface area (Å²) in [6.07, 6.45) is 0.486. The van der Waals surface area contributed by atoms with E-state index in [2.05, 4.69) is 9.97 Å². The minimum atomic E-state index is -0.884. The van der Waals surface area contributed by atoms with Gasteiger partial charge in [-0.05, 0) is 55.5 Å². The number of fused-ring (bicyclic) bond motifs is 2. The number of carbonyl (C=O) groups is 1. The Morgan fingerprint density at radius 1 is 0.833 bits per heavy atom. The monoisotopic (exact) mass is 576 g/mol. The van der Waals surface area contributed by atoms with Crippen LogP contribution in [0.5, 0.6) is 0 Å². The molecule has 0 aliphatic heterocycles. The number of hydrogen-bond acceptors (Lipinski definition) is 7. The van der Waals surface area contributed by atoms with Gasteiger partial charge in [0, 0.05) is 28.8 Å². The van der Waals surface area contributed by atoms with Crippen molar-refractivity contribution in [1.29, 1.82) is 0 Å². The van der Waals surface area contributed by atoms with Crippen molar-refractivity contribution in [3.8, 4) is 22.5 Å². The van der Waals surface area contributed by atoms with Gasteiger partial charge in [0.2, 0.25) is 0 Å². The molecular weight excluding hydrogens is 556 g/mol. The highest BCUT2D eigenvalue weighted by Gasteiger charge is 2.20. The van der Waals surface area contributed by atoms with Crippen LogP contribution in [0, 0.1) is 30.2 Å². The van der Waals surface area contributed by atoms with E-state index in [4.69, 9.17) is 19.4 Å². The van der Waals surface area contributed by atoms with Gasteiger partial charge in [-0.1, -0.05) is 0 Å². The number of nitrogens with two attached hydrogens (primary N) is 1. The number of ether oxygens (including phenoxy) is 1. The lowest BCUT2D eigenvalue weighted by molar-refractivity contribution is 0.0938. The Hall–Kier alpha value is -5.23. The summed E-state index contributed by atoms with van der Waals surface area (Å²) < 4.78 is 71.6. The van der Waals surface area contributed by atoms with Gasteiger partial charge in [0.25, 0.3) is 0 Å². The zero-order valence-corrected chi connectivity index (χ0v) is 21.8. The van der Waals surface area contributed by atoms with Crippen molar-refractivity contribution in [2.45, 2.75) is 20.1 Å². The highest BCUT2D eigenvalue weighted by Crippen LogP contribution is 2.30. The molecule has 2 N–H and O–H groups in total. The number of amides is 1. The number of carbonyl (C=O) groups excluding carboxylic acids is 1. The van der Waals surface area contributed by atoms with Crippen molar-refractivity contribution < 1.29 is 35.9 Å². The van der Waals surface area contributed by atoms with E-state index in [1.54, 1.807) is 31.2 Å². The normalized spacial score (nSPS) is 11.4. The lowest BCUT2D eigenvalue weighted by Crippen LogP contribution is -2.37. The Morgan fingerprint density at radius 3 is 1.98 bits per heavy atom. The first-order valence-electron chi connectivity index (χ1n) is 12.5. The van der Waals surface area contributed by atoms with Crippen LogP contribution in [0.25, 0.3) is 44.7 Å². The van der Waals surface area contributed by atoms with Crippen LogP contribution in [-0.2, 0) is 17.9 Å². The molecule has 2 aromatic carbocycles. The summed E-state index contributed by atoms with van der Waals surface area (Å²) in [6, 6.07) is 12.5. The summed E-state index contributed by atoms with van der Waals surface area (Å²) in [4.78, 5) is 21.7. The van der Waals surface area contributed by atoms with Crippen LogP contribution in [0.2, 0.25) is 0 Å². The van der Waals surface area contributed by atoms with E-state index in [1.165, 1.54) is 6.26 Å². The number of rotatable bonds is 6. The Morgan fingerprint density at radius 2 is 1.38 bits per heavy atom. The molecule has 4 heterocycles. The van der Waals surface area contributed by atoms with Gasteiger partial charge in [-0.3, -0.25) is 0 Å². The van der Waals surface area contributed by atoms with Gasteiger partial charge >= 0.3 is 6.09 Å². The summed E-state index contributed by atoms with van der Waals surface area (Å²) in [5.74, 6) is 3.44. The van der Waals surface area contributed by atoms with E-state index in [0.717, 1.165) is 41.4 Å². The standard InChI is InChI=1S/C30H20F4N4O4/c1-15-23(29-27(42-15)5-3-25(37-29)17-8-21(33)11-22(34)9-17)14-41-30(39)38(35)12-18-13-40-26-4-2-24(36-28(18)26)16-6-19(31)10-20(32)7-16/h2-11,13H,12,14,35H2,1H3. The van der Waals surface area contributed by atoms with Crippen molar-refractivity contribution >= 4 is 28.3 Å². The lowest BCUT2D eigenvalue weighted by atomic mass is 10.1. The van der Waals surface area contributed by atoms with Crippen molar-refractivity contribution in [3.05, 3.63) is 107 Å². The zero-order valence-electron chi connectivity index (χ0n) is 21.8. The molecule has 0 fully saturated rings. The number of benzene rings is 2. The third kappa shape index (κ3) is 5.27. The van der Waals surface area contributed by atoms with E-state index < -0.39 is 29.4 Å². The molecule has 0 aliphatic carbocycles. The quantitative estimate of drug-likeness (QED) is 0.0969. The van der Waals surface area contributed by atoms with Crippen LogP contribution in [-0.4, -0.2) is 21.1 Å². The van der Waals surface area contributed by atoms with Crippen LogP contribution in [0.4, 0.5) is 22.4 Å². The summed E-state index contributed by atoms with van der Waals surface area (Å²) in [6.45, 7) is 1.26. The average molecular weight is 577 g/mol. The molecular formula is C30H20F4N4O4. The predicted octanol–water partition coefficient (Wildman–Crippen LogP) is 7.18. The predicted molar refractivity (Wildman–Crippen MR) is 143 cm³/mol. The number of aromatic nitrogens is 2. The minimum absolute atomic E-state index is 0.154. The fourth-order valence-corrected chi connectivity index (χ4v) is 4.57. The number of pyridine rings is 2. The highest BCUT2D eigenvalue weighted by molar-refractivity contribution is 5.82. The molecule has 42 heavy (non-hydrogen) atoms. The van der Waals surface area contributed by atoms with Crippen LogP contribution in [0.1, 0.15) is 16.9 Å². The first kappa shape index (κ1) is 27.0. The highest BCUT2D eigenvalue weighted by atomic mass is 19.1. The van der Waals surface area contributed by atoms with Crippen molar-refractivity contribution in [2.24, 2.45) is 5.84 Å². The molecule has 0 bridgehead atoms. The molecule has 6 aromatic rings. The van der Waals surface area contributed by atoms with E-state index >= 15 is 0 Å². The van der Waals surface area contributed by atoms with E-state index in [1.807, 2.05) is 0 Å². The Kier molecular flexibility index (Phi) is 6.83. The summed E-state index contributed by atoms with van der Waals surface area (Å²) in [7, 11) is 0. The van der Waals surface area contributed by atoms with Gasteiger partial charge in [-0.2, -0.15) is 0 Å². The zero-order chi connectivity index (χ0) is 29.5. The molecule has 0 unspecified atom stereocenters. The van der Waals surface area contributed by atoms with Gasteiger partial charge in [-0.25, -0.2) is 43.2 Å². The van der Waals surface area contributed by atoms with Crippen molar-refractivity contribution in [3.63, 3.8) is 0 Å². The third-order valence-electron chi connectivity index (χ3n) is 6.55. The van der Waals surface area contributed by atoms with Crippen molar-refractivity contribution in [1.82, 2.24) is 15.0 Å². The minimum Gasteiger partial charge on any atom is -0.462 e. The number of aryl methyl sites for hydroxylation is 1. The molecule has 0 aliphatic rings. The molecule has 0 spiro atoms. The molecule has 4 aromatic heterocycles. The molecule has 0 atom stereocenters. The van der Waals surface area contributed by atoms with Crippen LogP contribution >= 0.6 is 0 Å². The first-order valence-corrected chi connectivity index (χ1v) is 12.5. The first-order chi connectivity index (χ1) is 20.1. The van der Waals surface area contributed by atoms with Gasteiger partial charge < -0.3 is 13.6 Å². The summed E-state index contributed by atoms with van der Waals surface area (Å²) in [5.41, 5.74) is 3.43. The van der Waals surface area contributed by atoms with Gasteiger partial charge in [0.1, 0.15) is 46.7 Å².